The topological polar surface area (TPSA) is 102 Å². The number of aliphatic hydroxyl groups excluding tert-OH is 1. The molecule has 3 aliphatic rings. The minimum Gasteiger partial charge on any atom is -0.392 e. The van der Waals surface area contributed by atoms with E-state index in [9.17, 15) is 17.9 Å². The van der Waals surface area contributed by atoms with Crippen LogP contribution < -0.4 is 0 Å². The third kappa shape index (κ3) is 4.30. The van der Waals surface area contributed by atoms with Gasteiger partial charge in [-0.05, 0) is 60.7 Å². The van der Waals surface area contributed by atoms with Crippen molar-refractivity contribution in [1.29, 1.82) is 0 Å². The maximum absolute atomic E-state index is 14.0. The lowest BCUT2D eigenvalue weighted by Crippen LogP contribution is -2.55. The smallest absolute Gasteiger partial charge is 0.244 e. The second-order valence-corrected chi connectivity index (χ2v) is 12.4. The first-order valence-electron chi connectivity index (χ1n) is 12.3. The number of hydrogen-bond acceptors (Lipinski definition) is 6. The molecular formula is C26H27ClFN5O3S. The van der Waals surface area contributed by atoms with Crippen molar-refractivity contribution < 1.29 is 17.9 Å². The average molecular weight is 544 g/mol. The number of β-amino-alcohol motifs (C(OH)–C–C–N with tert-alkyl or cyclic N) is 1. The molecular weight excluding hydrogens is 517 g/mol. The first-order valence-corrected chi connectivity index (χ1v) is 14.1. The van der Waals surface area contributed by atoms with E-state index in [0.717, 1.165) is 22.4 Å². The van der Waals surface area contributed by atoms with Gasteiger partial charge in [-0.25, -0.2) is 17.8 Å². The van der Waals surface area contributed by atoms with Gasteiger partial charge in [0.15, 0.2) is 0 Å². The monoisotopic (exact) mass is 543 g/mol. The summed E-state index contributed by atoms with van der Waals surface area (Å²) in [6.45, 7) is 1.66. The SMILES string of the molecule is O=S(=O)(c1ccc(Cl)nc1)N1CCC2=Cc3[nH]ncc3CC2([C@H](c2ccc(F)cc2)N2CCC(O)C2)C1. The Bertz CT molecular complexity index is 1440. The normalized spacial score (nSPS) is 25.4. The summed E-state index contributed by atoms with van der Waals surface area (Å²) in [5.74, 6) is -0.332. The van der Waals surface area contributed by atoms with Crippen molar-refractivity contribution in [2.45, 2.75) is 36.3 Å². The molecule has 11 heteroatoms. The van der Waals surface area contributed by atoms with Gasteiger partial charge in [0.2, 0.25) is 10.0 Å². The minimum absolute atomic E-state index is 0.0919. The number of pyridine rings is 1. The van der Waals surface area contributed by atoms with Gasteiger partial charge in [0.1, 0.15) is 15.9 Å². The molecule has 2 unspecified atom stereocenters. The van der Waals surface area contributed by atoms with Gasteiger partial charge in [0.25, 0.3) is 0 Å². The fourth-order valence-electron chi connectivity index (χ4n) is 6.23. The summed E-state index contributed by atoms with van der Waals surface area (Å²) in [6, 6.07) is 9.12. The number of halogens is 2. The lowest BCUT2D eigenvalue weighted by Gasteiger charge is -2.53. The van der Waals surface area contributed by atoms with Gasteiger partial charge in [0, 0.05) is 43.8 Å². The van der Waals surface area contributed by atoms with Crippen LogP contribution in [0.4, 0.5) is 4.39 Å². The van der Waals surface area contributed by atoms with Gasteiger partial charge < -0.3 is 5.11 Å². The second-order valence-electron chi connectivity index (χ2n) is 10.1. The van der Waals surface area contributed by atoms with Crippen molar-refractivity contribution >= 4 is 27.7 Å². The van der Waals surface area contributed by atoms with Crippen LogP contribution in [0.25, 0.3) is 6.08 Å². The Labute approximate surface area is 219 Å². The molecule has 2 saturated heterocycles. The zero-order chi connectivity index (χ0) is 25.8. The summed E-state index contributed by atoms with van der Waals surface area (Å²) in [4.78, 5) is 6.30. The average Bonchev–Trinajstić information content (AvgIpc) is 3.52. The standard InChI is InChI=1S/C26H27ClFN5O3S/c27-24-6-5-22(14-29-24)37(35,36)33-10-7-19-11-23-18(13-30-31-23)12-26(19,16-33)25(32-9-8-21(34)15-32)17-1-3-20(28)4-2-17/h1-6,11,13-14,21,25,34H,7-10,12,15-16H2,(H,30,31)/t21?,25-,26?/m0/s1. The zero-order valence-electron chi connectivity index (χ0n) is 20.0. The fraction of sp³-hybridized carbons (Fsp3) is 0.385. The number of sulfonamides is 1. The Hall–Kier alpha value is -2.63. The van der Waals surface area contributed by atoms with E-state index in [1.165, 1.54) is 34.8 Å². The van der Waals surface area contributed by atoms with Gasteiger partial charge in [0.05, 0.1) is 18.0 Å². The maximum atomic E-state index is 14.0. The molecule has 4 heterocycles. The van der Waals surface area contributed by atoms with Crippen molar-refractivity contribution in [3.63, 3.8) is 0 Å². The number of H-pyrrole nitrogens is 1. The van der Waals surface area contributed by atoms with Crippen LogP contribution in [0.3, 0.4) is 0 Å². The summed E-state index contributed by atoms with van der Waals surface area (Å²) in [7, 11) is -3.85. The number of aromatic nitrogens is 3. The molecule has 37 heavy (non-hydrogen) atoms. The number of aromatic amines is 1. The van der Waals surface area contributed by atoms with Crippen LogP contribution in [-0.2, 0) is 16.4 Å². The Morgan fingerprint density at radius 2 is 1.97 bits per heavy atom. The molecule has 3 aromatic rings. The van der Waals surface area contributed by atoms with E-state index < -0.39 is 21.5 Å². The first kappa shape index (κ1) is 24.7. The van der Waals surface area contributed by atoms with Gasteiger partial charge in [-0.2, -0.15) is 9.40 Å². The van der Waals surface area contributed by atoms with Crippen molar-refractivity contribution in [3.05, 3.63) is 82.2 Å². The second kappa shape index (κ2) is 9.28. The number of piperidine rings is 1. The molecule has 0 spiro atoms. The third-order valence-electron chi connectivity index (χ3n) is 7.91. The molecule has 0 saturated carbocycles. The Morgan fingerprint density at radius 1 is 1.16 bits per heavy atom. The van der Waals surface area contributed by atoms with Crippen LogP contribution in [0.15, 0.2) is 59.3 Å². The van der Waals surface area contributed by atoms with Crippen molar-refractivity contribution in [3.8, 4) is 0 Å². The van der Waals surface area contributed by atoms with E-state index in [4.69, 9.17) is 11.6 Å². The zero-order valence-corrected chi connectivity index (χ0v) is 21.6. The number of likely N-dealkylation sites (tertiary alicyclic amines) is 1. The molecule has 3 atom stereocenters. The summed E-state index contributed by atoms with van der Waals surface area (Å²) in [5.41, 5.74) is 3.30. The molecule has 1 aliphatic carbocycles. The highest BCUT2D eigenvalue weighted by Gasteiger charge is 2.53. The van der Waals surface area contributed by atoms with E-state index in [2.05, 4.69) is 26.2 Å². The molecule has 1 aromatic carbocycles. The molecule has 194 valence electrons. The molecule has 0 bridgehead atoms. The fourth-order valence-corrected chi connectivity index (χ4v) is 7.80. The molecule has 0 radical (unpaired) electrons. The minimum atomic E-state index is -3.85. The lowest BCUT2D eigenvalue weighted by molar-refractivity contribution is 0.0600. The van der Waals surface area contributed by atoms with Crippen LogP contribution in [-0.4, -0.2) is 70.2 Å². The van der Waals surface area contributed by atoms with Crippen LogP contribution in [0.2, 0.25) is 5.15 Å². The number of nitrogens with zero attached hydrogens (tertiary/aromatic N) is 4. The van der Waals surface area contributed by atoms with E-state index >= 15 is 0 Å². The lowest BCUT2D eigenvalue weighted by atomic mass is 9.62. The summed E-state index contributed by atoms with van der Waals surface area (Å²) >= 11 is 5.91. The van der Waals surface area contributed by atoms with Crippen molar-refractivity contribution in [2.75, 3.05) is 26.2 Å². The number of benzene rings is 1. The van der Waals surface area contributed by atoms with Gasteiger partial charge >= 0.3 is 0 Å². The summed E-state index contributed by atoms with van der Waals surface area (Å²) in [6.07, 6.45) is 6.44. The summed E-state index contributed by atoms with van der Waals surface area (Å²) in [5, 5.41) is 18.0. The van der Waals surface area contributed by atoms with E-state index in [0.29, 0.717) is 38.9 Å². The van der Waals surface area contributed by atoms with Gasteiger partial charge in [-0.1, -0.05) is 29.3 Å². The Kier molecular flexibility index (Phi) is 6.20. The van der Waals surface area contributed by atoms with Crippen LogP contribution in [0.1, 0.15) is 35.7 Å². The highest BCUT2D eigenvalue weighted by atomic mass is 35.5. The van der Waals surface area contributed by atoms with Gasteiger partial charge in [-0.3, -0.25) is 10.00 Å². The Morgan fingerprint density at radius 3 is 2.68 bits per heavy atom. The maximum Gasteiger partial charge on any atom is 0.244 e. The largest absolute Gasteiger partial charge is 0.392 e. The van der Waals surface area contributed by atoms with E-state index in [1.54, 1.807) is 18.3 Å². The quantitative estimate of drug-likeness (QED) is 0.478. The predicted octanol–water partition coefficient (Wildman–Crippen LogP) is 3.43. The molecule has 8 nitrogen and oxygen atoms in total. The first-order chi connectivity index (χ1) is 17.8. The molecule has 2 aliphatic heterocycles. The molecule has 2 aromatic heterocycles. The highest BCUT2D eigenvalue weighted by molar-refractivity contribution is 7.89. The van der Waals surface area contributed by atoms with E-state index in [-0.39, 0.29) is 28.5 Å². The molecule has 0 amide bonds. The molecule has 2 N–H and O–H groups in total. The van der Waals surface area contributed by atoms with Crippen molar-refractivity contribution in [2.24, 2.45) is 5.41 Å². The predicted molar refractivity (Wildman–Crippen MR) is 137 cm³/mol. The van der Waals surface area contributed by atoms with Gasteiger partial charge in [-0.15, -0.1) is 0 Å². The van der Waals surface area contributed by atoms with Crippen molar-refractivity contribution in [1.82, 2.24) is 24.4 Å². The van der Waals surface area contributed by atoms with Crippen LogP contribution in [0, 0.1) is 11.2 Å². The molecule has 6 rings (SSSR count). The third-order valence-corrected chi connectivity index (χ3v) is 9.96. The number of aliphatic hydroxyl groups is 1. The number of rotatable bonds is 5. The highest BCUT2D eigenvalue weighted by Crippen LogP contribution is 2.54. The molecule has 2 fully saturated rings. The number of fused-ring (bicyclic) bond motifs is 2. The van der Waals surface area contributed by atoms with Crippen LogP contribution >= 0.6 is 11.6 Å². The summed E-state index contributed by atoms with van der Waals surface area (Å²) < 4.78 is 43.1. The van der Waals surface area contributed by atoms with Crippen LogP contribution in [0.5, 0.6) is 0 Å². The van der Waals surface area contributed by atoms with E-state index in [1.807, 2.05) is 0 Å². The Balaban J connectivity index is 1.49. The number of hydrogen-bond donors (Lipinski definition) is 2. The number of nitrogens with one attached hydrogen (secondary N) is 1.